The molecule has 0 saturated heterocycles. The van der Waals surface area contributed by atoms with E-state index in [0.29, 0.717) is 11.3 Å². The van der Waals surface area contributed by atoms with E-state index in [-0.39, 0.29) is 5.54 Å². The van der Waals surface area contributed by atoms with Gasteiger partial charge in [0.1, 0.15) is 17.7 Å². The summed E-state index contributed by atoms with van der Waals surface area (Å²) in [5, 5.41) is 0. The molecule has 3 aromatic heterocycles. The monoisotopic (exact) mass is 419 g/mol. The largest absolute Gasteiger partial charge is 0.321 e. The van der Waals surface area contributed by atoms with Gasteiger partial charge in [0.15, 0.2) is 11.5 Å². The van der Waals surface area contributed by atoms with E-state index in [2.05, 4.69) is 39.2 Å². The van der Waals surface area contributed by atoms with Crippen molar-refractivity contribution in [1.82, 2.24) is 29.5 Å². The molecular weight excluding hydrogens is 398 g/mol. The Morgan fingerprint density at radius 2 is 1.56 bits per heavy atom. The summed E-state index contributed by atoms with van der Waals surface area (Å²) in [6.45, 7) is 0. The number of nitrogens with two attached hydrogens (primary N) is 1. The third-order valence-corrected chi connectivity index (χ3v) is 6.20. The van der Waals surface area contributed by atoms with Crippen LogP contribution in [0, 0.1) is 0 Å². The van der Waals surface area contributed by atoms with E-state index >= 15 is 0 Å². The molecular formula is C25H21N7. The number of hydrogen-bond acceptors (Lipinski definition) is 6. The average molecular weight is 419 g/mol. The topological polar surface area (TPSA) is 95.4 Å². The molecule has 32 heavy (non-hydrogen) atoms. The van der Waals surface area contributed by atoms with Crippen LogP contribution in [-0.2, 0) is 5.54 Å². The Morgan fingerprint density at radius 1 is 0.812 bits per heavy atom. The predicted octanol–water partition coefficient (Wildman–Crippen LogP) is 4.28. The number of benzene rings is 2. The van der Waals surface area contributed by atoms with Crippen molar-refractivity contribution in [3.63, 3.8) is 0 Å². The summed E-state index contributed by atoms with van der Waals surface area (Å²) in [6, 6.07) is 18.3. The first-order valence-electron chi connectivity index (χ1n) is 10.7. The number of fused-ring (bicyclic) bond motifs is 1. The first-order chi connectivity index (χ1) is 15.7. The lowest BCUT2D eigenvalue weighted by Gasteiger charge is -2.38. The number of nitrogens with zero attached hydrogens (tertiary/aromatic N) is 6. The standard InChI is InChI=1S/C25H21N7/c26-25(11-4-12-25)19-7-9-20(10-8-19)32-23(18-13-27-16-28-14-18)30-21-15-29-22(31-24(21)32)17-5-2-1-3-6-17/h1-3,5-10,13-16H,4,11-12,26H2. The van der Waals surface area contributed by atoms with Crippen molar-refractivity contribution in [3.8, 4) is 28.5 Å². The number of rotatable bonds is 4. The summed E-state index contributed by atoms with van der Waals surface area (Å²) in [5.41, 5.74) is 11.7. The summed E-state index contributed by atoms with van der Waals surface area (Å²) in [6.07, 6.45) is 10.0. The van der Waals surface area contributed by atoms with E-state index in [4.69, 9.17) is 15.7 Å². The van der Waals surface area contributed by atoms with Gasteiger partial charge in [0.25, 0.3) is 0 Å². The molecule has 1 aliphatic rings. The smallest absolute Gasteiger partial charge is 0.169 e. The van der Waals surface area contributed by atoms with Crippen LogP contribution in [0.3, 0.4) is 0 Å². The van der Waals surface area contributed by atoms with Crippen LogP contribution in [0.2, 0.25) is 0 Å². The minimum Gasteiger partial charge on any atom is -0.321 e. The van der Waals surface area contributed by atoms with Gasteiger partial charge in [-0.25, -0.2) is 24.9 Å². The fraction of sp³-hybridized carbons (Fsp3) is 0.160. The predicted molar refractivity (Wildman–Crippen MR) is 123 cm³/mol. The van der Waals surface area contributed by atoms with Gasteiger partial charge in [0, 0.05) is 29.2 Å². The highest BCUT2D eigenvalue weighted by molar-refractivity contribution is 5.80. The second kappa shape index (κ2) is 7.32. The molecule has 0 aliphatic heterocycles. The molecule has 7 heteroatoms. The zero-order valence-corrected chi connectivity index (χ0v) is 17.4. The Bertz CT molecular complexity index is 1390. The summed E-state index contributed by atoms with van der Waals surface area (Å²) in [7, 11) is 0. The molecule has 0 spiro atoms. The molecule has 5 aromatic rings. The van der Waals surface area contributed by atoms with Gasteiger partial charge in [0.05, 0.1) is 11.8 Å². The number of hydrogen-bond donors (Lipinski definition) is 1. The van der Waals surface area contributed by atoms with Crippen LogP contribution >= 0.6 is 0 Å². The van der Waals surface area contributed by atoms with Crippen LogP contribution in [0.4, 0.5) is 0 Å². The molecule has 6 rings (SSSR count). The van der Waals surface area contributed by atoms with Crippen molar-refractivity contribution in [1.29, 1.82) is 0 Å². The average Bonchev–Trinajstić information content (AvgIpc) is 3.22. The summed E-state index contributed by atoms with van der Waals surface area (Å²) < 4.78 is 2.04. The number of aromatic nitrogens is 6. The van der Waals surface area contributed by atoms with Crippen molar-refractivity contribution in [3.05, 3.63) is 85.1 Å². The van der Waals surface area contributed by atoms with Crippen molar-refractivity contribution < 1.29 is 0 Å². The third kappa shape index (κ3) is 3.06. The van der Waals surface area contributed by atoms with Crippen LogP contribution in [0.25, 0.3) is 39.6 Å². The van der Waals surface area contributed by atoms with Gasteiger partial charge in [-0.05, 0) is 37.0 Å². The van der Waals surface area contributed by atoms with Crippen molar-refractivity contribution in [2.45, 2.75) is 24.8 Å². The highest BCUT2D eigenvalue weighted by atomic mass is 15.2. The maximum Gasteiger partial charge on any atom is 0.169 e. The molecule has 1 fully saturated rings. The molecule has 0 atom stereocenters. The fourth-order valence-corrected chi connectivity index (χ4v) is 4.24. The van der Waals surface area contributed by atoms with Gasteiger partial charge in [-0.3, -0.25) is 4.57 Å². The Balaban J connectivity index is 1.55. The Hall–Kier alpha value is -3.97. The van der Waals surface area contributed by atoms with Gasteiger partial charge < -0.3 is 5.73 Å². The number of imidazole rings is 1. The van der Waals surface area contributed by atoms with Crippen LogP contribution in [0.1, 0.15) is 24.8 Å². The Kier molecular flexibility index (Phi) is 4.29. The second-order valence-corrected chi connectivity index (χ2v) is 8.22. The zero-order valence-electron chi connectivity index (χ0n) is 17.4. The molecule has 0 bridgehead atoms. The Morgan fingerprint density at radius 3 is 2.25 bits per heavy atom. The molecule has 1 aliphatic carbocycles. The van der Waals surface area contributed by atoms with Gasteiger partial charge in [-0.2, -0.15) is 0 Å². The van der Waals surface area contributed by atoms with E-state index in [9.17, 15) is 0 Å². The molecule has 2 N–H and O–H groups in total. The molecule has 0 radical (unpaired) electrons. The first kappa shape index (κ1) is 18.8. The molecule has 2 aromatic carbocycles. The maximum atomic E-state index is 6.53. The maximum absolute atomic E-state index is 6.53. The van der Waals surface area contributed by atoms with Crippen LogP contribution in [-0.4, -0.2) is 29.5 Å². The molecule has 7 nitrogen and oxygen atoms in total. The highest BCUT2D eigenvalue weighted by Crippen LogP contribution is 2.39. The Labute approximate surface area is 185 Å². The van der Waals surface area contributed by atoms with Crippen LogP contribution in [0.15, 0.2) is 79.5 Å². The third-order valence-electron chi connectivity index (χ3n) is 6.20. The van der Waals surface area contributed by atoms with Crippen LogP contribution in [0.5, 0.6) is 0 Å². The second-order valence-electron chi connectivity index (χ2n) is 8.22. The van der Waals surface area contributed by atoms with Crippen molar-refractivity contribution in [2.24, 2.45) is 5.73 Å². The quantitative estimate of drug-likeness (QED) is 0.467. The SMILES string of the molecule is NC1(c2ccc(-n3c(-c4cncnc4)nc4cnc(-c5ccccc5)nc43)cc2)CCC1. The zero-order chi connectivity index (χ0) is 21.5. The van der Waals surface area contributed by atoms with E-state index < -0.39 is 0 Å². The molecule has 0 unspecified atom stereocenters. The minimum atomic E-state index is -0.200. The first-order valence-corrected chi connectivity index (χ1v) is 10.7. The van der Waals surface area contributed by atoms with E-state index in [1.54, 1.807) is 18.6 Å². The lowest BCUT2D eigenvalue weighted by Crippen LogP contribution is -2.43. The van der Waals surface area contributed by atoms with Crippen molar-refractivity contribution in [2.75, 3.05) is 0 Å². The van der Waals surface area contributed by atoms with Crippen LogP contribution < -0.4 is 5.73 Å². The van der Waals surface area contributed by atoms with E-state index in [1.165, 1.54) is 18.3 Å². The molecule has 0 amide bonds. The fourth-order valence-electron chi connectivity index (χ4n) is 4.24. The lowest BCUT2D eigenvalue weighted by atomic mass is 9.73. The minimum absolute atomic E-state index is 0.200. The highest BCUT2D eigenvalue weighted by Gasteiger charge is 2.34. The van der Waals surface area contributed by atoms with Gasteiger partial charge >= 0.3 is 0 Å². The van der Waals surface area contributed by atoms with Gasteiger partial charge in [0.2, 0.25) is 0 Å². The van der Waals surface area contributed by atoms with Gasteiger partial charge in [-0.15, -0.1) is 0 Å². The van der Waals surface area contributed by atoms with Crippen molar-refractivity contribution >= 4 is 11.2 Å². The lowest BCUT2D eigenvalue weighted by molar-refractivity contribution is 0.253. The molecule has 3 heterocycles. The summed E-state index contributed by atoms with van der Waals surface area (Å²) >= 11 is 0. The summed E-state index contributed by atoms with van der Waals surface area (Å²) in [4.78, 5) is 22.6. The molecule has 1 saturated carbocycles. The molecule has 156 valence electrons. The van der Waals surface area contributed by atoms with E-state index in [0.717, 1.165) is 41.1 Å². The van der Waals surface area contributed by atoms with E-state index in [1.807, 2.05) is 34.9 Å². The normalized spacial score (nSPS) is 14.9. The van der Waals surface area contributed by atoms with Gasteiger partial charge in [-0.1, -0.05) is 42.5 Å². The summed E-state index contributed by atoms with van der Waals surface area (Å²) in [5.74, 6) is 1.38.